The van der Waals surface area contributed by atoms with E-state index in [9.17, 15) is 0 Å². The first-order valence-electron chi connectivity index (χ1n) is 9.24. The molecule has 4 aromatic carbocycles. The molecule has 0 radical (unpaired) electrons. The Bertz CT molecular complexity index is 1070. The van der Waals surface area contributed by atoms with Gasteiger partial charge in [0, 0.05) is 32.4 Å². The van der Waals surface area contributed by atoms with E-state index < -0.39 is 0 Å². The van der Waals surface area contributed by atoms with Gasteiger partial charge in [0.1, 0.15) is 0 Å². The molecular formula is C25H19ClN2S. The molecule has 0 atom stereocenters. The van der Waals surface area contributed by atoms with Crippen molar-refractivity contribution in [3.05, 3.63) is 114 Å². The monoisotopic (exact) mass is 414 g/mol. The zero-order valence-electron chi connectivity index (χ0n) is 15.6. The molecule has 0 aliphatic heterocycles. The van der Waals surface area contributed by atoms with Crippen molar-refractivity contribution < 1.29 is 0 Å². The lowest BCUT2D eigenvalue weighted by Gasteiger charge is -2.06. The van der Waals surface area contributed by atoms with E-state index in [0.717, 1.165) is 27.6 Å². The lowest BCUT2D eigenvalue weighted by Crippen LogP contribution is -1.88. The molecule has 142 valence electrons. The molecular weight excluding hydrogens is 396 g/mol. The SMILES string of the molecule is Clc1ccc(Sc2ccc(C=Nc3ccc(Nc4ccccc4)cc3)cc2)cc1. The molecule has 0 aliphatic rings. The first kappa shape index (κ1) is 19.3. The van der Waals surface area contributed by atoms with Crippen LogP contribution >= 0.6 is 23.4 Å². The lowest BCUT2D eigenvalue weighted by atomic mass is 10.2. The fraction of sp³-hybridized carbons (Fsp3) is 0. The molecule has 0 aromatic heterocycles. The van der Waals surface area contributed by atoms with Crippen molar-refractivity contribution in [2.75, 3.05) is 5.32 Å². The van der Waals surface area contributed by atoms with Gasteiger partial charge in [-0.15, -0.1) is 0 Å². The fourth-order valence-electron chi connectivity index (χ4n) is 2.73. The number of anilines is 2. The molecule has 0 amide bonds. The minimum Gasteiger partial charge on any atom is -0.356 e. The largest absolute Gasteiger partial charge is 0.356 e. The number of hydrogen-bond donors (Lipinski definition) is 1. The van der Waals surface area contributed by atoms with Gasteiger partial charge in [-0.1, -0.05) is 53.7 Å². The highest BCUT2D eigenvalue weighted by Crippen LogP contribution is 2.28. The molecule has 0 heterocycles. The lowest BCUT2D eigenvalue weighted by molar-refractivity contribution is 1.40. The average Bonchev–Trinajstić information content (AvgIpc) is 2.77. The highest BCUT2D eigenvalue weighted by Gasteiger charge is 1.98. The van der Waals surface area contributed by atoms with Gasteiger partial charge >= 0.3 is 0 Å². The number of benzene rings is 4. The Hall–Kier alpha value is -3.01. The van der Waals surface area contributed by atoms with Crippen LogP contribution in [0.4, 0.5) is 17.1 Å². The van der Waals surface area contributed by atoms with Gasteiger partial charge in [0.25, 0.3) is 0 Å². The Kier molecular flexibility index (Phi) is 6.30. The number of hydrogen-bond acceptors (Lipinski definition) is 3. The minimum absolute atomic E-state index is 0.754. The van der Waals surface area contributed by atoms with Crippen molar-refractivity contribution in [3.63, 3.8) is 0 Å². The maximum atomic E-state index is 5.94. The molecule has 0 unspecified atom stereocenters. The van der Waals surface area contributed by atoms with Crippen LogP contribution in [0.5, 0.6) is 0 Å². The second-order valence-electron chi connectivity index (χ2n) is 6.42. The van der Waals surface area contributed by atoms with E-state index in [1.54, 1.807) is 11.8 Å². The first-order valence-corrected chi connectivity index (χ1v) is 10.4. The minimum atomic E-state index is 0.754. The zero-order chi connectivity index (χ0) is 19.9. The van der Waals surface area contributed by atoms with Gasteiger partial charge in [-0.05, 0) is 78.4 Å². The van der Waals surface area contributed by atoms with Crippen LogP contribution in [0.1, 0.15) is 5.56 Å². The third kappa shape index (κ3) is 5.74. The van der Waals surface area contributed by atoms with Crippen molar-refractivity contribution in [1.82, 2.24) is 0 Å². The third-order valence-corrected chi connectivity index (χ3v) is 5.49. The average molecular weight is 415 g/mol. The zero-order valence-corrected chi connectivity index (χ0v) is 17.2. The second kappa shape index (κ2) is 9.46. The van der Waals surface area contributed by atoms with Crippen LogP contribution in [0.3, 0.4) is 0 Å². The van der Waals surface area contributed by atoms with Gasteiger partial charge in [0.2, 0.25) is 0 Å². The molecule has 0 aliphatic carbocycles. The van der Waals surface area contributed by atoms with Gasteiger partial charge in [0.15, 0.2) is 0 Å². The molecule has 4 heteroatoms. The molecule has 0 spiro atoms. The third-order valence-electron chi connectivity index (χ3n) is 4.22. The number of aliphatic imine (C=N–C) groups is 1. The summed E-state index contributed by atoms with van der Waals surface area (Å²) in [7, 11) is 0. The van der Waals surface area contributed by atoms with Gasteiger partial charge in [-0.25, -0.2) is 0 Å². The number of nitrogens with one attached hydrogen (secondary N) is 1. The summed E-state index contributed by atoms with van der Waals surface area (Å²) in [6, 6.07) is 34.4. The van der Waals surface area contributed by atoms with Crippen LogP contribution in [0.25, 0.3) is 0 Å². The van der Waals surface area contributed by atoms with Crippen molar-refractivity contribution in [2.45, 2.75) is 9.79 Å². The molecule has 2 nitrogen and oxygen atoms in total. The Labute approximate surface area is 180 Å². The summed E-state index contributed by atoms with van der Waals surface area (Å²) in [6.45, 7) is 0. The Morgan fingerprint density at radius 3 is 1.90 bits per heavy atom. The van der Waals surface area contributed by atoms with Gasteiger partial charge in [0.05, 0.1) is 5.69 Å². The first-order chi connectivity index (χ1) is 14.2. The number of nitrogens with zero attached hydrogens (tertiary/aromatic N) is 1. The summed E-state index contributed by atoms with van der Waals surface area (Å²) in [5, 5.41) is 4.13. The second-order valence-corrected chi connectivity index (χ2v) is 8.00. The predicted molar refractivity (Wildman–Crippen MR) is 125 cm³/mol. The normalized spacial score (nSPS) is 10.9. The number of halogens is 1. The standard InChI is InChI=1S/C25H19ClN2S/c26-20-8-16-25(17-9-20)29-24-14-6-19(7-15-24)18-27-21-10-12-23(13-11-21)28-22-4-2-1-3-5-22/h1-18,28H. The van der Waals surface area contributed by atoms with Crippen molar-refractivity contribution >= 4 is 46.6 Å². The highest BCUT2D eigenvalue weighted by molar-refractivity contribution is 7.99. The Morgan fingerprint density at radius 2 is 1.24 bits per heavy atom. The van der Waals surface area contributed by atoms with Crippen LogP contribution in [0.15, 0.2) is 118 Å². The summed E-state index contributed by atoms with van der Waals surface area (Å²) in [4.78, 5) is 6.92. The van der Waals surface area contributed by atoms with E-state index in [2.05, 4.69) is 34.6 Å². The molecule has 4 rings (SSSR count). The highest BCUT2D eigenvalue weighted by atomic mass is 35.5. The van der Waals surface area contributed by atoms with E-state index in [-0.39, 0.29) is 0 Å². The number of rotatable bonds is 6. The molecule has 0 bridgehead atoms. The summed E-state index contributed by atoms with van der Waals surface area (Å²) in [5.41, 5.74) is 4.10. The Balaban J connectivity index is 1.36. The van der Waals surface area contributed by atoms with E-state index in [4.69, 9.17) is 11.6 Å². The van der Waals surface area contributed by atoms with Gasteiger partial charge < -0.3 is 5.32 Å². The molecule has 0 saturated heterocycles. The number of para-hydroxylation sites is 1. The molecule has 0 saturated carbocycles. The molecule has 1 N–H and O–H groups in total. The molecule has 29 heavy (non-hydrogen) atoms. The van der Waals surface area contributed by atoms with Crippen LogP contribution < -0.4 is 5.32 Å². The van der Waals surface area contributed by atoms with Crippen LogP contribution in [0.2, 0.25) is 5.02 Å². The van der Waals surface area contributed by atoms with Gasteiger partial charge in [-0.3, -0.25) is 4.99 Å². The summed E-state index contributed by atoms with van der Waals surface area (Å²) in [6.07, 6.45) is 1.89. The Morgan fingerprint density at radius 1 is 0.655 bits per heavy atom. The van der Waals surface area contributed by atoms with Crippen molar-refractivity contribution in [2.24, 2.45) is 4.99 Å². The van der Waals surface area contributed by atoms with E-state index in [1.807, 2.05) is 85.1 Å². The predicted octanol–water partition coefficient (Wildman–Crippen LogP) is 7.99. The molecule has 4 aromatic rings. The van der Waals surface area contributed by atoms with E-state index in [0.29, 0.717) is 0 Å². The quantitative estimate of drug-likeness (QED) is 0.323. The van der Waals surface area contributed by atoms with E-state index >= 15 is 0 Å². The van der Waals surface area contributed by atoms with E-state index in [1.165, 1.54) is 9.79 Å². The smallest absolute Gasteiger partial charge is 0.0631 e. The maximum Gasteiger partial charge on any atom is 0.0631 e. The van der Waals surface area contributed by atoms with Crippen LogP contribution in [0, 0.1) is 0 Å². The van der Waals surface area contributed by atoms with Crippen LogP contribution in [-0.2, 0) is 0 Å². The summed E-state index contributed by atoms with van der Waals surface area (Å²) >= 11 is 7.65. The van der Waals surface area contributed by atoms with Crippen LogP contribution in [-0.4, -0.2) is 6.21 Å². The topological polar surface area (TPSA) is 24.4 Å². The maximum absolute atomic E-state index is 5.94. The fourth-order valence-corrected chi connectivity index (χ4v) is 3.67. The summed E-state index contributed by atoms with van der Waals surface area (Å²) in [5.74, 6) is 0. The summed E-state index contributed by atoms with van der Waals surface area (Å²) < 4.78 is 0. The van der Waals surface area contributed by atoms with Crippen molar-refractivity contribution in [1.29, 1.82) is 0 Å². The molecule has 0 fully saturated rings. The van der Waals surface area contributed by atoms with Crippen molar-refractivity contribution in [3.8, 4) is 0 Å². The van der Waals surface area contributed by atoms with Gasteiger partial charge in [-0.2, -0.15) is 0 Å².